The van der Waals surface area contributed by atoms with Crippen molar-refractivity contribution in [2.75, 3.05) is 13.2 Å². The van der Waals surface area contributed by atoms with Crippen LogP contribution in [0.2, 0.25) is 5.02 Å². The number of nitrogens with one attached hydrogen (secondary N) is 1. The molecule has 0 spiro atoms. The first-order chi connectivity index (χ1) is 15.7. The number of hydrogen-bond donors (Lipinski definition) is 1. The van der Waals surface area contributed by atoms with Crippen molar-refractivity contribution in [2.45, 2.75) is 38.8 Å². The number of Topliss-reactive ketones (excluding diaryl/α,β-unsaturated/α-hetero) is 1. The fourth-order valence-corrected chi connectivity index (χ4v) is 4.39. The zero-order valence-corrected chi connectivity index (χ0v) is 18.1. The summed E-state index contributed by atoms with van der Waals surface area (Å²) in [5.41, 5.74) is 1.32. The van der Waals surface area contributed by atoms with E-state index in [4.69, 9.17) is 16.1 Å². The van der Waals surface area contributed by atoms with Crippen molar-refractivity contribution in [2.24, 2.45) is 5.41 Å². The Morgan fingerprint density at radius 2 is 2.09 bits per heavy atom. The average molecular weight is 482 g/mol. The Labute approximate surface area is 190 Å². The molecular weight excluding hydrogens is 463 g/mol. The van der Waals surface area contributed by atoms with Gasteiger partial charge in [-0.3, -0.25) is 9.59 Å². The maximum absolute atomic E-state index is 13.7. The Bertz CT molecular complexity index is 1210. The molecule has 0 saturated heterocycles. The summed E-state index contributed by atoms with van der Waals surface area (Å²) in [5.74, 6) is -1.19. The monoisotopic (exact) mass is 481 g/mol. The molecule has 33 heavy (non-hydrogen) atoms. The van der Waals surface area contributed by atoms with E-state index in [9.17, 15) is 22.8 Å². The van der Waals surface area contributed by atoms with E-state index in [-0.39, 0.29) is 47.7 Å². The van der Waals surface area contributed by atoms with Gasteiger partial charge < -0.3 is 19.1 Å². The first-order valence-electron chi connectivity index (χ1n) is 10.4. The highest BCUT2D eigenvalue weighted by Crippen LogP contribution is 2.50. The van der Waals surface area contributed by atoms with Gasteiger partial charge in [0.1, 0.15) is 11.5 Å². The third-order valence-electron chi connectivity index (χ3n) is 6.28. The molecule has 0 radical (unpaired) electrons. The summed E-state index contributed by atoms with van der Waals surface area (Å²) in [6.07, 6.45) is 1.66. The van der Waals surface area contributed by atoms with Gasteiger partial charge in [0.05, 0.1) is 23.9 Å². The van der Waals surface area contributed by atoms with Crippen LogP contribution in [0.5, 0.6) is 0 Å². The van der Waals surface area contributed by atoms with Gasteiger partial charge in [0, 0.05) is 41.3 Å². The number of halogens is 4. The molecule has 1 fully saturated rings. The van der Waals surface area contributed by atoms with Gasteiger partial charge in [0.25, 0.3) is 5.91 Å². The summed E-state index contributed by atoms with van der Waals surface area (Å²) in [4.78, 5) is 30.5. The van der Waals surface area contributed by atoms with Gasteiger partial charge in [-0.15, -0.1) is 0 Å². The molecule has 1 amide bonds. The Hall–Kier alpha value is -2.85. The lowest BCUT2D eigenvalue weighted by atomic mass is 9.96. The van der Waals surface area contributed by atoms with E-state index in [1.54, 1.807) is 11.0 Å². The quantitative estimate of drug-likeness (QED) is 0.492. The molecule has 1 N–H and O–H groups in total. The number of amides is 1. The number of fused-ring (bicyclic) bond motifs is 2. The number of alkyl halides is 2. The largest absolute Gasteiger partial charge is 0.352 e. The highest BCUT2D eigenvalue weighted by Gasteiger charge is 2.46. The molecule has 1 aliphatic carbocycles. The van der Waals surface area contributed by atoms with E-state index in [1.807, 2.05) is 0 Å². The maximum atomic E-state index is 13.7. The van der Waals surface area contributed by atoms with Gasteiger partial charge >= 0.3 is 6.61 Å². The molecular formula is C22H19ClF3N3O4. The summed E-state index contributed by atoms with van der Waals surface area (Å²) in [6.45, 7) is -2.60. The third-order valence-corrected chi connectivity index (χ3v) is 6.57. The molecule has 2 aliphatic rings. The molecule has 1 saturated carbocycles. The van der Waals surface area contributed by atoms with Crippen LogP contribution in [-0.2, 0) is 17.7 Å². The smallest absolute Gasteiger partial charge is 0.345 e. The first kappa shape index (κ1) is 22.0. The van der Waals surface area contributed by atoms with Crippen LogP contribution in [0.1, 0.15) is 51.6 Å². The second kappa shape index (κ2) is 8.18. The summed E-state index contributed by atoms with van der Waals surface area (Å²) in [7, 11) is 0. The highest BCUT2D eigenvalue weighted by molar-refractivity contribution is 6.31. The molecule has 2 aromatic heterocycles. The van der Waals surface area contributed by atoms with Crippen LogP contribution in [-0.4, -0.2) is 46.5 Å². The van der Waals surface area contributed by atoms with Crippen molar-refractivity contribution in [3.63, 3.8) is 0 Å². The Kier molecular flexibility index (Phi) is 5.44. The Morgan fingerprint density at radius 3 is 2.82 bits per heavy atom. The number of ether oxygens (including phenoxy) is 1. The number of carbonyl (C=O) groups is 2. The minimum absolute atomic E-state index is 0.0175. The van der Waals surface area contributed by atoms with Crippen LogP contribution >= 0.6 is 11.6 Å². The van der Waals surface area contributed by atoms with Gasteiger partial charge in [-0.05, 0) is 31.0 Å². The lowest BCUT2D eigenvalue weighted by molar-refractivity contribution is -0.140. The average Bonchev–Trinajstić information content (AvgIpc) is 3.22. The van der Waals surface area contributed by atoms with Gasteiger partial charge in [-0.2, -0.15) is 8.78 Å². The molecule has 11 heteroatoms. The zero-order chi connectivity index (χ0) is 23.3. The number of H-pyrrole nitrogens is 1. The number of nitrogens with zero attached hydrogens (tertiary/aromatic N) is 2. The lowest BCUT2D eigenvalue weighted by Crippen LogP contribution is -2.36. The molecule has 1 aromatic carbocycles. The number of aromatic nitrogens is 2. The standard InChI is InChI=1S/C22H19ClF3N3O4/c23-13-7-16-11(5-14(13)24)6-17(27-16)20(31)29-4-1-15-12(9-29)19(33-28-15)18(30)8-22(2-3-22)10-32-21(25)26/h5-7,21,27H,1-4,8-10H2. The number of benzene rings is 1. The molecule has 7 nitrogen and oxygen atoms in total. The first-order valence-corrected chi connectivity index (χ1v) is 10.8. The van der Waals surface area contributed by atoms with E-state index in [0.717, 1.165) is 0 Å². The summed E-state index contributed by atoms with van der Waals surface area (Å²) in [5, 5.41) is 4.44. The van der Waals surface area contributed by atoms with Gasteiger partial charge in [-0.25, -0.2) is 4.39 Å². The van der Waals surface area contributed by atoms with E-state index in [0.29, 0.717) is 48.0 Å². The highest BCUT2D eigenvalue weighted by atomic mass is 35.5. The number of rotatable bonds is 7. The van der Waals surface area contributed by atoms with Crippen molar-refractivity contribution >= 4 is 34.2 Å². The van der Waals surface area contributed by atoms with Crippen molar-refractivity contribution < 1.29 is 32.0 Å². The fraction of sp³-hybridized carbons (Fsp3) is 0.409. The fourth-order valence-electron chi connectivity index (χ4n) is 4.23. The molecule has 5 rings (SSSR count). The zero-order valence-electron chi connectivity index (χ0n) is 17.3. The minimum Gasteiger partial charge on any atom is -0.352 e. The van der Waals surface area contributed by atoms with E-state index >= 15 is 0 Å². The molecule has 0 unspecified atom stereocenters. The third kappa shape index (κ3) is 4.24. The SMILES string of the molecule is O=C(CC1(COC(F)F)CC1)c1onc2c1CN(C(=O)c1cc3cc(F)c(Cl)cc3[nH]1)CC2. The Balaban J connectivity index is 1.32. The minimum atomic E-state index is -2.88. The molecule has 1 aliphatic heterocycles. The predicted molar refractivity (Wildman–Crippen MR) is 111 cm³/mol. The second-order valence-electron chi connectivity index (χ2n) is 8.62. The second-order valence-corrected chi connectivity index (χ2v) is 9.03. The maximum Gasteiger partial charge on any atom is 0.345 e. The van der Waals surface area contributed by atoms with Gasteiger partial charge in [0.15, 0.2) is 0 Å². The van der Waals surface area contributed by atoms with E-state index < -0.39 is 17.8 Å². The molecule has 0 atom stereocenters. The van der Waals surface area contributed by atoms with E-state index in [1.165, 1.54) is 12.1 Å². The normalized spacial score (nSPS) is 16.9. The van der Waals surface area contributed by atoms with Gasteiger partial charge in [-0.1, -0.05) is 16.8 Å². The predicted octanol–water partition coefficient (Wildman–Crippen LogP) is 4.74. The van der Waals surface area contributed by atoms with Crippen LogP contribution in [0, 0.1) is 11.2 Å². The molecule has 0 bridgehead atoms. The number of aromatic amines is 1. The van der Waals surface area contributed by atoms with Crippen LogP contribution in [0.3, 0.4) is 0 Å². The number of ketones is 1. The van der Waals surface area contributed by atoms with Crippen LogP contribution < -0.4 is 0 Å². The molecule has 3 aromatic rings. The summed E-state index contributed by atoms with van der Waals surface area (Å²) in [6, 6.07) is 4.22. The van der Waals surface area contributed by atoms with Gasteiger partial charge in [0.2, 0.25) is 11.5 Å². The van der Waals surface area contributed by atoms with Crippen LogP contribution in [0.4, 0.5) is 13.2 Å². The van der Waals surface area contributed by atoms with E-state index in [2.05, 4.69) is 14.9 Å². The number of carbonyl (C=O) groups excluding carboxylic acids is 2. The van der Waals surface area contributed by atoms with Crippen LogP contribution in [0.15, 0.2) is 22.7 Å². The topological polar surface area (TPSA) is 88.4 Å². The van der Waals surface area contributed by atoms with Crippen LogP contribution in [0.25, 0.3) is 10.9 Å². The lowest BCUT2D eigenvalue weighted by Gasteiger charge is -2.26. The number of hydrogen-bond acceptors (Lipinski definition) is 5. The van der Waals surface area contributed by atoms with Crippen molar-refractivity contribution in [1.82, 2.24) is 15.0 Å². The van der Waals surface area contributed by atoms with Crippen molar-refractivity contribution in [3.05, 3.63) is 51.8 Å². The molecule has 174 valence electrons. The molecule has 3 heterocycles. The summed E-state index contributed by atoms with van der Waals surface area (Å²) >= 11 is 5.82. The van der Waals surface area contributed by atoms with Crippen molar-refractivity contribution in [3.8, 4) is 0 Å². The van der Waals surface area contributed by atoms with Crippen molar-refractivity contribution in [1.29, 1.82) is 0 Å². The Morgan fingerprint density at radius 1 is 1.30 bits per heavy atom. The summed E-state index contributed by atoms with van der Waals surface area (Å²) < 4.78 is 48.2.